The fourth-order valence-corrected chi connectivity index (χ4v) is 1.00. The van der Waals surface area contributed by atoms with E-state index in [1.165, 1.54) is 11.1 Å². The van der Waals surface area contributed by atoms with Crippen molar-refractivity contribution in [3.8, 4) is 0 Å². The summed E-state index contributed by atoms with van der Waals surface area (Å²) >= 11 is 0. The molecule has 0 aliphatic carbocycles. The quantitative estimate of drug-likeness (QED) is 0.625. The molecule has 0 aromatic carbocycles. The SMILES string of the molecule is CC(C)=CCC/C(C)=C/CCO. The van der Waals surface area contributed by atoms with Crippen LogP contribution in [0.1, 0.15) is 40.0 Å². The zero-order valence-electron chi connectivity index (χ0n) is 8.43. The molecule has 12 heavy (non-hydrogen) atoms. The van der Waals surface area contributed by atoms with Crippen LogP contribution in [0, 0.1) is 0 Å². The summed E-state index contributed by atoms with van der Waals surface area (Å²) in [5.74, 6) is 0. The fourth-order valence-electron chi connectivity index (χ4n) is 1.00. The first-order valence-corrected chi connectivity index (χ1v) is 4.56. The van der Waals surface area contributed by atoms with Crippen LogP contribution in [0.5, 0.6) is 0 Å². The molecule has 0 spiro atoms. The molecule has 0 aliphatic rings. The zero-order chi connectivity index (χ0) is 9.40. The molecule has 1 heteroatoms. The third-order valence-electron chi connectivity index (χ3n) is 1.71. The number of aliphatic hydroxyl groups is 1. The van der Waals surface area contributed by atoms with Gasteiger partial charge >= 0.3 is 0 Å². The summed E-state index contributed by atoms with van der Waals surface area (Å²) in [7, 11) is 0. The van der Waals surface area contributed by atoms with Crippen molar-refractivity contribution in [3.63, 3.8) is 0 Å². The standard InChI is InChI=1S/C11H20O/c1-10(2)6-4-7-11(3)8-5-9-12/h6,8,12H,4-5,7,9H2,1-3H3/b11-8+. The van der Waals surface area contributed by atoms with Crippen molar-refractivity contribution >= 4 is 0 Å². The van der Waals surface area contributed by atoms with E-state index in [4.69, 9.17) is 5.11 Å². The Labute approximate surface area is 75.8 Å². The maximum Gasteiger partial charge on any atom is 0.0465 e. The van der Waals surface area contributed by atoms with Crippen molar-refractivity contribution in [1.29, 1.82) is 0 Å². The molecular weight excluding hydrogens is 148 g/mol. The molecule has 0 saturated heterocycles. The summed E-state index contributed by atoms with van der Waals surface area (Å²) in [5.41, 5.74) is 2.76. The highest BCUT2D eigenvalue weighted by Gasteiger charge is 1.87. The van der Waals surface area contributed by atoms with Crippen molar-refractivity contribution < 1.29 is 5.11 Å². The normalized spacial score (nSPS) is 11.5. The van der Waals surface area contributed by atoms with E-state index in [1.807, 2.05) is 0 Å². The predicted molar refractivity (Wildman–Crippen MR) is 54.1 cm³/mol. The summed E-state index contributed by atoms with van der Waals surface area (Å²) in [6.07, 6.45) is 7.39. The Balaban J connectivity index is 3.56. The maximum absolute atomic E-state index is 8.57. The average Bonchev–Trinajstić information content (AvgIpc) is 2.00. The van der Waals surface area contributed by atoms with E-state index in [1.54, 1.807) is 0 Å². The predicted octanol–water partition coefficient (Wildman–Crippen LogP) is 3.06. The van der Waals surface area contributed by atoms with Crippen LogP contribution in [0.3, 0.4) is 0 Å². The smallest absolute Gasteiger partial charge is 0.0465 e. The molecule has 0 amide bonds. The molecule has 0 atom stereocenters. The van der Waals surface area contributed by atoms with Gasteiger partial charge in [0.05, 0.1) is 0 Å². The van der Waals surface area contributed by atoms with Gasteiger partial charge in [0, 0.05) is 6.61 Å². The van der Waals surface area contributed by atoms with Gasteiger partial charge in [-0.2, -0.15) is 0 Å². The first-order chi connectivity index (χ1) is 5.66. The summed E-state index contributed by atoms with van der Waals surface area (Å²) < 4.78 is 0. The van der Waals surface area contributed by atoms with E-state index in [0.29, 0.717) is 0 Å². The largest absolute Gasteiger partial charge is 0.396 e. The Morgan fingerprint density at radius 3 is 2.25 bits per heavy atom. The van der Waals surface area contributed by atoms with E-state index >= 15 is 0 Å². The fraction of sp³-hybridized carbons (Fsp3) is 0.636. The lowest BCUT2D eigenvalue weighted by Crippen LogP contribution is -1.81. The number of aliphatic hydroxyl groups excluding tert-OH is 1. The number of allylic oxidation sites excluding steroid dienone is 3. The van der Waals surface area contributed by atoms with Crippen molar-refractivity contribution in [3.05, 3.63) is 23.3 Å². The molecule has 0 rings (SSSR count). The minimum atomic E-state index is 0.264. The van der Waals surface area contributed by atoms with Crippen LogP contribution in [0.15, 0.2) is 23.3 Å². The van der Waals surface area contributed by atoms with Gasteiger partial charge in [-0.25, -0.2) is 0 Å². The molecule has 0 fully saturated rings. The monoisotopic (exact) mass is 168 g/mol. The second kappa shape index (κ2) is 7.11. The molecule has 0 bridgehead atoms. The van der Waals surface area contributed by atoms with Gasteiger partial charge in [-0.1, -0.05) is 23.3 Å². The molecule has 0 saturated carbocycles. The Kier molecular flexibility index (Phi) is 6.78. The highest BCUT2D eigenvalue weighted by molar-refractivity contribution is 5.01. The number of rotatable bonds is 5. The second-order valence-electron chi connectivity index (χ2n) is 3.38. The van der Waals surface area contributed by atoms with E-state index < -0.39 is 0 Å². The van der Waals surface area contributed by atoms with Crippen molar-refractivity contribution in [2.24, 2.45) is 0 Å². The summed E-state index contributed by atoms with van der Waals surface area (Å²) in [6.45, 7) is 6.62. The average molecular weight is 168 g/mol. The minimum absolute atomic E-state index is 0.264. The molecule has 0 unspecified atom stereocenters. The summed E-state index contributed by atoms with van der Waals surface area (Å²) in [4.78, 5) is 0. The second-order valence-corrected chi connectivity index (χ2v) is 3.38. The highest BCUT2D eigenvalue weighted by Crippen LogP contribution is 2.06. The topological polar surface area (TPSA) is 20.2 Å². The van der Waals surface area contributed by atoms with Gasteiger partial charge < -0.3 is 5.11 Å². The lowest BCUT2D eigenvalue weighted by Gasteiger charge is -1.97. The molecule has 0 aliphatic heterocycles. The van der Waals surface area contributed by atoms with Crippen molar-refractivity contribution in [2.45, 2.75) is 40.0 Å². The number of hydrogen-bond donors (Lipinski definition) is 1. The first kappa shape index (κ1) is 11.4. The van der Waals surface area contributed by atoms with Gasteiger partial charge in [-0.15, -0.1) is 0 Å². The van der Waals surface area contributed by atoms with Gasteiger partial charge in [-0.05, 0) is 40.0 Å². The summed E-state index contributed by atoms with van der Waals surface area (Å²) in [6, 6.07) is 0. The summed E-state index contributed by atoms with van der Waals surface area (Å²) in [5, 5.41) is 8.57. The molecule has 0 heterocycles. The molecule has 1 nitrogen and oxygen atoms in total. The van der Waals surface area contributed by atoms with E-state index in [2.05, 4.69) is 32.9 Å². The zero-order valence-corrected chi connectivity index (χ0v) is 8.43. The van der Waals surface area contributed by atoms with Gasteiger partial charge in [-0.3, -0.25) is 0 Å². The lowest BCUT2D eigenvalue weighted by atomic mass is 10.1. The van der Waals surface area contributed by atoms with Gasteiger partial charge in [0.1, 0.15) is 0 Å². The Morgan fingerprint density at radius 1 is 1.08 bits per heavy atom. The van der Waals surface area contributed by atoms with Gasteiger partial charge in [0.15, 0.2) is 0 Å². The third kappa shape index (κ3) is 7.55. The van der Waals surface area contributed by atoms with E-state index in [-0.39, 0.29) is 6.61 Å². The van der Waals surface area contributed by atoms with Crippen LogP contribution < -0.4 is 0 Å². The van der Waals surface area contributed by atoms with Crippen LogP contribution in [-0.4, -0.2) is 11.7 Å². The van der Waals surface area contributed by atoms with Crippen LogP contribution >= 0.6 is 0 Å². The van der Waals surface area contributed by atoms with Crippen molar-refractivity contribution in [1.82, 2.24) is 0 Å². The van der Waals surface area contributed by atoms with Gasteiger partial charge in [0.2, 0.25) is 0 Å². The Bertz CT molecular complexity index is 162. The van der Waals surface area contributed by atoms with Crippen LogP contribution in [-0.2, 0) is 0 Å². The molecule has 1 N–H and O–H groups in total. The van der Waals surface area contributed by atoms with Crippen molar-refractivity contribution in [2.75, 3.05) is 6.61 Å². The highest BCUT2D eigenvalue weighted by atomic mass is 16.2. The molecule has 70 valence electrons. The third-order valence-corrected chi connectivity index (χ3v) is 1.71. The molecule has 0 aromatic heterocycles. The number of hydrogen-bond acceptors (Lipinski definition) is 1. The van der Waals surface area contributed by atoms with E-state index in [9.17, 15) is 0 Å². The Hall–Kier alpha value is -0.560. The van der Waals surface area contributed by atoms with E-state index in [0.717, 1.165) is 19.3 Å². The maximum atomic E-state index is 8.57. The lowest BCUT2D eigenvalue weighted by molar-refractivity contribution is 0.302. The first-order valence-electron chi connectivity index (χ1n) is 4.56. The van der Waals surface area contributed by atoms with Gasteiger partial charge in [0.25, 0.3) is 0 Å². The van der Waals surface area contributed by atoms with Crippen LogP contribution in [0.2, 0.25) is 0 Å². The minimum Gasteiger partial charge on any atom is -0.396 e. The Morgan fingerprint density at radius 2 is 1.75 bits per heavy atom. The molecule has 0 radical (unpaired) electrons. The van der Waals surface area contributed by atoms with Crippen LogP contribution in [0.25, 0.3) is 0 Å². The molecule has 0 aromatic rings. The molecular formula is C11H20O. The van der Waals surface area contributed by atoms with Crippen LogP contribution in [0.4, 0.5) is 0 Å².